The molecule has 1 heterocycles. The Hall–Kier alpha value is -1.35. The van der Waals surface area contributed by atoms with E-state index in [0.717, 1.165) is 19.5 Å². The fourth-order valence-electron chi connectivity index (χ4n) is 2.77. The number of benzene rings is 1. The van der Waals surface area contributed by atoms with Gasteiger partial charge in [0.1, 0.15) is 5.82 Å². The molecule has 0 aliphatic carbocycles. The Kier molecular flexibility index (Phi) is 4.81. The van der Waals surface area contributed by atoms with Crippen LogP contribution < -0.4 is 0 Å². The Labute approximate surface area is 124 Å². The lowest BCUT2D eigenvalue weighted by molar-refractivity contribution is -0.128. The van der Waals surface area contributed by atoms with Crippen LogP contribution in [0.1, 0.15) is 25.8 Å². The first kappa shape index (κ1) is 15.0. The number of piperidine rings is 1. The standard InChI is InChI=1S/C16H19ClFNO/c1-11-8-12(2)10-19(9-11)16(20)7-6-13-14(17)4-3-5-15(13)18/h3-7,11-12H,8-10H2,1-2H3. The molecule has 2 atom stereocenters. The van der Waals surface area contributed by atoms with Gasteiger partial charge in [0.25, 0.3) is 0 Å². The molecule has 1 saturated heterocycles. The van der Waals surface area contributed by atoms with Gasteiger partial charge in [-0.1, -0.05) is 31.5 Å². The van der Waals surface area contributed by atoms with Gasteiger partial charge in [-0.2, -0.15) is 0 Å². The number of carbonyl (C=O) groups is 1. The summed E-state index contributed by atoms with van der Waals surface area (Å²) in [5, 5.41) is 0.314. The van der Waals surface area contributed by atoms with Crippen molar-refractivity contribution in [1.82, 2.24) is 4.90 Å². The molecule has 1 aliphatic heterocycles. The number of amides is 1. The fraction of sp³-hybridized carbons (Fsp3) is 0.438. The van der Waals surface area contributed by atoms with Gasteiger partial charge in [0.2, 0.25) is 5.91 Å². The summed E-state index contributed by atoms with van der Waals surface area (Å²) in [6, 6.07) is 4.49. The van der Waals surface area contributed by atoms with Gasteiger partial charge in [-0.25, -0.2) is 4.39 Å². The predicted octanol–water partition coefficient (Wildman–Crippen LogP) is 4.00. The van der Waals surface area contributed by atoms with Crippen molar-refractivity contribution < 1.29 is 9.18 Å². The van der Waals surface area contributed by atoms with Gasteiger partial charge in [-0.3, -0.25) is 4.79 Å². The second-order valence-corrected chi connectivity index (χ2v) is 6.07. The Bertz CT molecular complexity index is 499. The lowest BCUT2D eigenvalue weighted by Crippen LogP contribution is -2.41. The molecule has 108 valence electrons. The summed E-state index contributed by atoms with van der Waals surface area (Å²) >= 11 is 5.93. The maximum Gasteiger partial charge on any atom is 0.246 e. The van der Waals surface area contributed by atoms with Crippen molar-refractivity contribution in [2.45, 2.75) is 20.3 Å². The number of rotatable bonds is 2. The van der Waals surface area contributed by atoms with Crippen molar-refractivity contribution in [3.8, 4) is 0 Å². The smallest absolute Gasteiger partial charge is 0.246 e. The molecule has 4 heteroatoms. The van der Waals surface area contributed by atoms with Crippen molar-refractivity contribution in [2.75, 3.05) is 13.1 Å². The minimum atomic E-state index is -0.415. The molecule has 20 heavy (non-hydrogen) atoms. The van der Waals surface area contributed by atoms with E-state index in [4.69, 9.17) is 11.6 Å². The van der Waals surface area contributed by atoms with E-state index in [0.29, 0.717) is 16.9 Å². The van der Waals surface area contributed by atoms with Crippen molar-refractivity contribution in [3.05, 3.63) is 40.7 Å². The first-order valence-electron chi connectivity index (χ1n) is 6.88. The van der Waals surface area contributed by atoms with Gasteiger partial charge >= 0.3 is 0 Å². The highest BCUT2D eigenvalue weighted by atomic mass is 35.5. The third kappa shape index (κ3) is 3.60. The van der Waals surface area contributed by atoms with E-state index < -0.39 is 5.82 Å². The highest BCUT2D eigenvalue weighted by Gasteiger charge is 2.24. The first-order chi connectivity index (χ1) is 9.47. The molecule has 0 aromatic heterocycles. The lowest BCUT2D eigenvalue weighted by Gasteiger charge is -2.34. The Morgan fingerprint density at radius 1 is 1.35 bits per heavy atom. The zero-order chi connectivity index (χ0) is 14.7. The number of hydrogen-bond donors (Lipinski definition) is 0. The topological polar surface area (TPSA) is 20.3 Å². The summed E-state index contributed by atoms with van der Waals surface area (Å²) in [4.78, 5) is 14.0. The summed E-state index contributed by atoms with van der Waals surface area (Å²) in [5.41, 5.74) is 0.264. The molecule has 1 aromatic carbocycles. The van der Waals surface area contributed by atoms with Crippen LogP contribution in [0.3, 0.4) is 0 Å². The van der Waals surface area contributed by atoms with E-state index in [-0.39, 0.29) is 11.5 Å². The predicted molar refractivity (Wildman–Crippen MR) is 80.0 cm³/mol. The molecule has 0 radical (unpaired) electrons. The van der Waals surface area contributed by atoms with Gasteiger partial charge in [0.15, 0.2) is 0 Å². The van der Waals surface area contributed by atoms with E-state index in [1.807, 2.05) is 4.90 Å². The van der Waals surface area contributed by atoms with Crippen LogP contribution in [0, 0.1) is 17.7 Å². The molecular formula is C16H19ClFNO. The van der Waals surface area contributed by atoms with Crippen LogP contribution in [0.2, 0.25) is 5.02 Å². The largest absolute Gasteiger partial charge is 0.339 e. The number of halogens is 2. The van der Waals surface area contributed by atoms with E-state index in [9.17, 15) is 9.18 Å². The summed E-state index contributed by atoms with van der Waals surface area (Å²) in [5.74, 6) is 0.519. The molecule has 0 bridgehead atoms. The van der Waals surface area contributed by atoms with Gasteiger partial charge in [-0.05, 0) is 36.5 Å². The zero-order valence-corrected chi connectivity index (χ0v) is 12.5. The third-order valence-electron chi connectivity index (χ3n) is 3.57. The van der Waals surface area contributed by atoms with Gasteiger partial charge in [-0.15, -0.1) is 0 Å². The summed E-state index contributed by atoms with van der Waals surface area (Å²) in [6.45, 7) is 5.82. The minimum Gasteiger partial charge on any atom is -0.339 e. The van der Waals surface area contributed by atoms with Crippen LogP contribution in [0.5, 0.6) is 0 Å². The molecule has 0 spiro atoms. The number of likely N-dealkylation sites (tertiary alicyclic amines) is 1. The monoisotopic (exact) mass is 295 g/mol. The van der Waals surface area contributed by atoms with Crippen LogP contribution in [-0.2, 0) is 4.79 Å². The number of nitrogens with zero attached hydrogens (tertiary/aromatic N) is 1. The highest BCUT2D eigenvalue weighted by Crippen LogP contribution is 2.23. The van der Waals surface area contributed by atoms with Crippen LogP contribution in [-0.4, -0.2) is 23.9 Å². The first-order valence-corrected chi connectivity index (χ1v) is 7.26. The Morgan fingerprint density at radius 2 is 2.00 bits per heavy atom. The summed E-state index contributed by atoms with van der Waals surface area (Å²) < 4.78 is 13.6. The van der Waals surface area contributed by atoms with Gasteiger partial charge < -0.3 is 4.90 Å². The van der Waals surface area contributed by atoms with Crippen LogP contribution in [0.4, 0.5) is 4.39 Å². The van der Waals surface area contributed by atoms with E-state index in [1.165, 1.54) is 18.2 Å². The quantitative estimate of drug-likeness (QED) is 0.755. The molecule has 1 fully saturated rings. The fourth-order valence-corrected chi connectivity index (χ4v) is 3.00. The van der Waals surface area contributed by atoms with Crippen molar-refractivity contribution in [1.29, 1.82) is 0 Å². The van der Waals surface area contributed by atoms with Crippen LogP contribution in [0.15, 0.2) is 24.3 Å². The van der Waals surface area contributed by atoms with Crippen LogP contribution >= 0.6 is 11.6 Å². The molecule has 2 unspecified atom stereocenters. The molecule has 0 saturated carbocycles. The van der Waals surface area contributed by atoms with Crippen molar-refractivity contribution in [2.24, 2.45) is 11.8 Å². The molecule has 0 N–H and O–H groups in total. The van der Waals surface area contributed by atoms with Crippen LogP contribution in [0.25, 0.3) is 6.08 Å². The second-order valence-electron chi connectivity index (χ2n) is 5.66. The molecular weight excluding hydrogens is 277 g/mol. The average molecular weight is 296 g/mol. The van der Waals surface area contributed by atoms with Gasteiger partial charge in [0.05, 0.1) is 5.02 Å². The Morgan fingerprint density at radius 3 is 2.60 bits per heavy atom. The molecule has 1 amide bonds. The molecule has 2 nitrogen and oxygen atoms in total. The Balaban J connectivity index is 2.09. The molecule has 1 aliphatic rings. The van der Waals surface area contributed by atoms with Gasteiger partial charge in [0, 0.05) is 24.7 Å². The highest BCUT2D eigenvalue weighted by molar-refractivity contribution is 6.32. The van der Waals surface area contributed by atoms with E-state index in [1.54, 1.807) is 12.1 Å². The molecule has 2 rings (SSSR count). The normalized spacial score (nSPS) is 23.3. The third-order valence-corrected chi connectivity index (χ3v) is 3.90. The summed E-state index contributed by atoms with van der Waals surface area (Å²) in [7, 11) is 0. The summed E-state index contributed by atoms with van der Waals surface area (Å²) in [6.07, 6.45) is 4.02. The molecule has 1 aromatic rings. The number of hydrogen-bond acceptors (Lipinski definition) is 1. The lowest BCUT2D eigenvalue weighted by atomic mass is 9.92. The van der Waals surface area contributed by atoms with Crippen molar-refractivity contribution >= 4 is 23.6 Å². The van der Waals surface area contributed by atoms with E-state index in [2.05, 4.69) is 13.8 Å². The average Bonchev–Trinajstić information content (AvgIpc) is 2.36. The minimum absolute atomic E-state index is 0.0808. The maximum atomic E-state index is 13.6. The maximum absolute atomic E-state index is 13.6. The van der Waals surface area contributed by atoms with Crippen molar-refractivity contribution in [3.63, 3.8) is 0 Å². The SMILES string of the molecule is CC1CC(C)CN(C(=O)C=Cc2c(F)cccc2Cl)C1. The zero-order valence-electron chi connectivity index (χ0n) is 11.8. The second kappa shape index (κ2) is 6.40. The number of carbonyl (C=O) groups excluding carboxylic acids is 1. The van der Waals surface area contributed by atoms with E-state index >= 15 is 0 Å².